The molecule has 3 heteroatoms. The molecular formula is C16H17NO2. The molecule has 0 amide bonds. The smallest absolute Gasteiger partial charge is 0.311 e. The van der Waals surface area contributed by atoms with Gasteiger partial charge in [-0.15, -0.1) is 0 Å². The molecule has 3 nitrogen and oxygen atoms in total. The van der Waals surface area contributed by atoms with E-state index in [9.17, 15) is 9.90 Å². The van der Waals surface area contributed by atoms with Crippen LogP contribution < -0.4 is 0 Å². The van der Waals surface area contributed by atoms with E-state index in [0.29, 0.717) is 6.42 Å². The first-order chi connectivity index (χ1) is 9.08. The summed E-state index contributed by atoms with van der Waals surface area (Å²) >= 11 is 0. The van der Waals surface area contributed by atoms with Crippen LogP contribution in [0.1, 0.15) is 28.3 Å². The molecule has 1 aromatic carbocycles. The second kappa shape index (κ2) is 5.65. The highest BCUT2D eigenvalue weighted by Crippen LogP contribution is 2.24. The van der Waals surface area contributed by atoms with E-state index < -0.39 is 11.9 Å². The van der Waals surface area contributed by atoms with Gasteiger partial charge >= 0.3 is 5.97 Å². The summed E-state index contributed by atoms with van der Waals surface area (Å²) in [6.45, 7) is 3.92. The van der Waals surface area contributed by atoms with Crippen molar-refractivity contribution in [2.24, 2.45) is 0 Å². The van der Waals surface area contributed by atoms with Crippen LogP contribution in [-0.4, -0.2) is 16.1 Å². The number of carbonyl (C=O) groups is 1. The topological polar surface area (TPSA) is 50.2 Å². The number of benzene rings is 1. The molecule has 0 saturated heterocycles. The van der Waals surface area contributed by atoms with Crippen LogP contribution in [0.3, 0.4) is 0 Å². The van der Waals surface area contributed by atoms with Gasteiger partial charge in [-0.25, -0.2) is 0 Å². The molecule has 0 aliphatic rings. The quantitative estimate of drug-likeness (QED) is 0.913. The van der Waals surface area contributed by atoms with Crippen molar-refractivity contribution < 1.29 is 9.90 Å². The average molecular weight is 255 g/mol. The van der Waals surface area contributed by atoms with Gasteiger partial charge in [0.25, 0.3) is 0 Å². The third-order valence-electron chi connectivity index (χ3n) is 3.25. The molecule has 0 radical (unpaired) electrons. The fourth-order valence-corrected chi connectivity index (χ4v) is 2.19. The normalized spacial score (nSPS) is 12.1. The van der Waals surface area contributed by atoms with Gasteiger partial charge < -0.3 is 5.11 Å². The maximum Gasteiger partial charge on any atom is 0.311 e. The summed E-state index contributed by atoms with van der Waals surface area (Å²) in [6.07, 6.45) is 2.11. The van der Waals surface area contributed by atoms with E-state index in [1.807, 2.05) is 50.2 Å². The van der Waals surface area contributed by atoms with Crippen LogP contribution in [-0.2, 0) is 11.2 Å². The Labute approximate surface area is 112 Å². The van der Waals surface area contributed by atoms with Crippen molar-refractivity contribution in [2.45, 2.75) is 26.2 Å². The second-order valence-corrected chi connectivity index (χ2v) is 4.78. The van der Waals surface area contributed by atoms with Crippen molar-refractivity contribution in [1.29, 1.82) is 0 Å². The molecule has 2 rings (SSSR count). The van der Waals surface area contributed by atoms with Gasteiger partial charge in [0.05, 0.1) is 5.92 Å². The molecule has 1 aromatic heterocycles. The zero-order valence-corrected chi connectivity index (χ0v) is 11.1. The maximum absolute atomic E-state index is 11.5. The number of hydrogen-bond donors (Lipinski definition) is 1. The number of rotatable bonds is 4. The first-order valence-electron chi connectivity index (χ1n) is 6.28. The number of pyridine rings is 1. The lowest BCUT2D eigenvalue weighted by atomic mass is 9.89. The van der Waals surface area contributed by atoms with Crippen LogP contribution in [0.5, 0.6) is 0 Å². The Morgan fingerprint density at radius 1 is 1.26 bits per heavy atom. The van der Waals surface area contributed by atoms with E-state index in [1.165, 1.54) is 0 Å². The molecule has 2 aromatic rings. The number of aromatic nitrogens is 1. The summed E-state index contributed by atoms with van der Waals surface area (Å²) in [7, 11) is 0. The minimum atomic E-state index is -0.806. The third-order valence-corrected chi connectivity index (χ3v) is 3.25. The van der Waals surface area contributed by atoms with E-state index in [1.54, 1.807) is 6.20 Å². The number of aliphatic carboxylic acids is 1. The number of hydrogen-bond acceptors (Lipinski definition) is 2. The Bertz CT molecular complexity index is 579. The van der Waals surface area contributed by atoms with Gasteiger partial charge in [-0.05, 0) is 37.1 Å². The highest BCUT2D eigenvalue weighted by Gasteiger charge is 2.22. The predicted octanol–water partition coefficient (Wildman–Crippen LogP) is 3.11. The maximum atomic E-state index is 11.5. The lowest BCUT2D eigenvalue weighted by Gasteiger charge is -2.15. The molecular weight excluding hydrogens is 238 g/mol. The fourth-order valence-electron chi connectivity index (χ4n) is 2.19. The summed E-state index contributed by atoms with van der Waals surface area (Å²) in [5.41, 5.74) is 3.76. The Hall–Kier alpha value is -2.16. The SMILES string of the molecule is Cc1ccc(C)c(C(Cc2ccccn2)C(=O)O)c1. The van der Waals surface area contributed by atoms with Gasteiger partial charge in [0, 0.05) is 18.3 Å². The van der Waals surface area contributed by atoms with Crippen molar-refractivity contribution in [1.82, 2.24) is 4.98 Å². The molecule has 0 saturated carbocycles. The average Bonchev–Trinajstić information content (AvgIpc) is 2.40. The minimum absolute atomic E-state index is 0.417. The van der Waals surface area contributed by atoms with Crippen LogP contribution in [0.2, 0.25) is 0 Å². The van der Waals surface area contributed by atoms with E-state index in [0.717, 1.165) is 22.4 Å². The Balaban J connectivity index is 2.35. The van der Waals surface area contributed by atoms with Gasteiger partial charge in [-0.2, -0.15) is 0 Å². The van der Waals surface area contributed by atoms with Gasteiger partial charge in [0.1, 0.15) is 0 Å². The third kappa shape index (κ3) is 3.19. The van der Waals surface area contributed by atoms with E-state index in [4.69, 9.17) is 0 Å². The number of aryl methyl sites for hydroxylation is 2. The molecule has 1 N–H and O–H groups in total. The molecule has 19 heavy (non-hydrogen) atoms. The van der Waals surface area contributed by atoms with Crippen LogP contribution in [0.25, 0.3) is 0 Å². The van der Waals surface area contributed by atoms with Crippen LogP contribution in [0.4, 0.5) is 0 Å². The van der Waals surface area contributed by atoms with Crippen molar-refractivity contribution >= 4 is 5.97 Å². The van der Waals surface area contributed by atoms with Crippen molar-refractivity contribution in [3.8, 4) is 0 Å². The number of carboxylic acid groups (broad SMARTS) is 1. The van der Waals surface area contributed by atoms with Crippen molar-refractivity contribution in [3.63, 3.8) is 0 Å². The molecule has 0 aliphatic carbocycles. The van der Waals surface area contributed by atoms with E-state index >= 15 is 0 Å². The van der Waals surface area contributed by atoms with Gasteiger partial charge in [-0.3, -0.25) is 9.78 Å². The van der Waals surface area contributed by atoms with E-state index in [-0.39, 0.29) is 0 Å². The highest BCUT2D eigenvalue weighted by atomic mass is 16.4. The molecule has 1 heterocycles. The summed E-state index contributed by atoms with van der Waals surface area (Å²) in [6, 6.07) is 11.5. The lowest BCUT2D eigenvalue weighted by Crippen LogP contribution is -2.16. The summed E-state index contributed by atoms with van der Waals surface area (Å²) in [4.78, 5) is 15.8. The molecule has 98 valence electrons. The van der Waals surface area contributed by atoms with Gasteiger partial charge in [0.15, 0.2) is 0 Å². The number of carboxylic acids is 1. The Kier molecular flexibility index (Phi) is 3.95. The van der Waals surface area contributed by atoms with Crippen molar-refractivity contribution in [3.05, 3.63) is 65.0 Å². The minimum Gasteiger partial charge on any atom is -0.481 e. The highest BCUT2D eigenvalue weighted by molar-refractivity contribution is 5.77. The Morgan fingerprint density at radius 3 is 2.68 bits per heavy atom. The first kappa shape index (κ1) is 13.3. The lowest BCUT2D eigenvalue weighted by molar-refractivity contribution is -0.138. The van der Waals surface area contributed by atoms with Crippen LogP contribution in [0.15, 0.2) is 42.6 Å². The molecule has 1 unspecified atom stereocenters. The first-order valence-corrected chi connectivity index (χ1v) is 6.28. The molecule has 1 atom stereocenters. The molecule has 0 spiro atoms. The van der Waals surface area contributed by atoms with Gasteiger partial charge in [0.2, 0.25) is 0 Å². The fraction of sp³-hybridized carbons (Fsp3) is 0.250. The predicted molar refractivity (Wildman–Crippen MR) is 74.2 cm³/mol. The van der Waals surface area contributed by atoms with Gasteiger partial charge in [-0.1, -0.05) is 29.8 Å². The summed E-state index contributed by atoms with van der Waals surface area (Å²) in [5.74, 6) is -1.35. The van der Waals surface area contributed by atoms with Crippen molar-refractivity contribution in [2.75, 3.05) is 0 Å². The Morgan fingerprint density at radius 2 is 2.05 bits per heavy atom. The summed E-state index contributed by atoms with van der Waals surface area (Å²) in [5, 5.41) is 9.48. The monoisotopic (exact) mass is 255 g/mol. The molecule has 0 aliphatic heterocycles. The second-order valence-electron chi connectivity index (χ2n) is 4.78. The molecule has 0 bridgehead atoms. The summed E-state index contributed by atoms with van der Waals surface area (Å²) < 4.78 is 0. The van der Waals surface area contributed by atoms with Crippen LogP contribution in [0, 0.1) is 13.8 Å². The zero-order valence-electron chi connectivity index (χ0n) is 11.1. The van der Waals surface area contributed by atoms with Crippen LogP contribution >= 0.6 is 0 Å². The zero-order chi connectivity index (χ0) is 13.8. The standard InChI is InChI=1S/C16H17NO2/c1-11-6-7-12(2)14(9-11)15(16(18)19)10-13-5-3-4-8-17-13/h3-9,15H,10H2,1-2H3,(H,18,19). The largest absolute Gasteiger partial charge is 0.481 e. The number of nitrogens with zero attached hydrogens (tertiary/aromatic N) is 1. The van der Waals surface area contributed by atoms with E-state index in [2.05, 4.69) is 4.98 Å². The molecule has 0 fully saturated rings.